The van der Waals surface area contributed by atoms with Crippen molar-refractivity contribution >= 4 is 23.1 Å². The summed E-state index contributed by atoms with van der Waals surface area (Å²) in [6.07, 6.45) is 0. The van der Waals surface area contributed by atoms with E-state index in [0.29, 0.717) is 12.1 Å². The van der Waals surface area contributed by atoms with Crippen molar-refractivity contribution in [2.24, 2.45) is 0 Å². The molecule has 7 heteroatoms. The number of benzene rings is 1. The number of nitro groups is 1. The van der Waals surface area contributed by atoms with Gasteiger partial charge in [0.1, 0.15) is 11.6 Å². The van der Waals surface area contributed by atoms with Crippen molar-refractivity contribution in [1.29, 1.82) is 0 Å². The second-order valence-corrected chi connectivity index (χ2v) is 2.87. The number of carbonyl (C=O) groups excluding carboxylic acids is 1. The van der Waals surface area contributed by atoms with Crippen molar-refractivity contribution in [1.82, 2.24) is 0 Å². The van der Waals surface area contributed by atoms with Crippen LogP contribution >= 0.6 is 11.6 Å². The minimum atomic E-state index is -1.28. The molecule has 0 aromatic heterocycles. The normalized spacial score (nSPS) is 10.1. The molecule has 0 aliphatic heterocycles. The monoisotopic (exact) mass is 235 g/mol. The molecular formula is C8H4ClF2NO3. The number of Topliss-reactive ketones (excluding diaryl/α,β-unsaturated/α-hetero) is 1. The molecule has 1 aromatic carbocycles. The quantitative estimate of drug-likeness (QED) is 0.350. The first kappa shape index (κ1) is 11.5. The van der Waals surface area contributed by atoms with Crippen molar-refractivity contribution in [3.8, 4) is 0 Å². The summed E-state index contributed by atoms with van der Waals surface area (Å²) in [6, 6.07) is 0.950. The Morgan fingerprint density at radius 3 is 2.20 bits per heavy atom. The maximum absolute atomic E-state index is 13.1. The molecule has 0 aliphatic rings. The highest BCUT2D eigenvalue weighted by molar-refractivity contribution is 6.30. The minimum Gasteiger partial charge on any atom is -0.293 e. The Hall–Kier alpha value is -1.56. The molecule has 80 valence electrons. The smallest absolute Gasteiger partial charge is 0.275 e. The van der Waals surface area contributed by atoms with Gasteiger partial charge in [0.15, 0.2) is 5.78 Å². The first-order valence-corrected chi connectivity index (χ1v) is 4.23. The van der Waals surface area contributed by atoms with Crippen LogP contribution < -0.4 is 0 Å². The van der Waals surface area contributed by atoms with Crippen LogP contribution in [-0.2, 0) is 0 Å². The summed E-state index contributed by atoms with van der Waals surface area (Å²) in [7, 11) is 0. The second kappa shape index (κ2) is 4.31. The number of rotatable bonds is 3. The predicted octanol–water partition coefficient (Wildman–Crippen LogP) is 2.29. The van der Waals surface area contributed by atoms with Crippen LogP contribution in [0.3, 0.4) is 0 Å². The van der Waals surface area contributed by atoms with Gasteiger partial charge >= 0.3 is 0 Å². The third-order valence-electron chi connectivity index (χ3n) is 1.64. The van der Waals surface area contributed by atoms with E-state index in [2.05, 4.69) is 0 Å². The molecule has 0 aliphatic carbocycles. The Balaban J connectivity index is 3.33. The van der Waals surface area contributed by atoms with Crippen molar-refractivity contribution in [3.63, 3.8) is 0 Å². The first-order valence-electron chi connectivity index (χ1n) is 3.70. The van der Waals surface area contributed by atoms with Crippen LogP contribution in [0.4, 0.5) is 14.5 Å². The highest BCUT2D eigenvalue weighted by Crippen LogP contribution is 2.21. The van der Waals surface area contributed by atoms with Crippen LogP contribution in [0.25, 0.3) is 0 Å². The molecule has 15 heavy (non-hydrogen) atoms. The molecule has 0 bridgehead atoms. The molecule has 0 unspecified atom stereocenters. The molecule has 0 N–H and O–H groups in total. The minimum absolute atomic E-state index is 0.475. The van der Waals surface area contributed by atoms with E-state index in [9.17, 15) is 23.7 Å². The van der Waals surface area contributed by atoms with Crippen molar-refractivity contribution in [3.05, 3.63) is 39.4 Å². The number of nitrogens with zero attached hydrogens (tertiary/aromatic N) is 1. The third kappa shape index (κ3) is 2.27. The molecule has 0 saturated carbocycles. The maximum atomic E-state index is 13.1. The molecule has 0 spiro atoms. The highest BCUT2D eigenvalue weighted by atomic mass is 35.5. The largest absolute Gasteiger partial charge is 0.293 e. The Morgan fingerprint density at radius 2 is 1.87 bits per heavy atom. The number of hydrogen-bond acceptors (Lipinski definition) is 3. The Morgan fingerprint density at radius 1 is 1.40 bits per heavy atom. The Labute approximate surface area is 87.6 Å². The topological polar surface area (TPSA) is 60.2 Å². The van der Waals surface area contributed by atoms with Crippen LogP contribution in [0.2, 0.25) is 0 Å². The molecule has 1 rings (SSSR count). The summed E-state index contributed by atoms with van der Waals surface area (Å²) in [6.45, 7) is 0. The number of nitro benzene ring substituents is 1. The Kier molecular flexibility index (Phi) is 3.31. The van der Waals surface area contributed by atoms with Crippen molar-refractivity contribution in [2.75, 3.05) is 5.88 Å². The van der Waals surface area contributed by atoms with Crippen LogP contribution in [0, 0.1) is 21.7 Å². The van der Waals surface area contributed by atoms with Crippen molar-refractivity contribution < 1.29 is 18.5 Å². The standard InChI is InChI=1S/C8H4ClF2NO3/c9-3-7(13)8-5(10)1-4(12(14)15)2-6(8)11/h1-2H,3H2. The molecule has 0 amide bonds. The van der Waals surface area contributed by atoms with Gasteiger partial charge in [0.2, 0.25) is 0 Å². The molecule has 0 fully saturated rings. The van der Waals surface area contributed by atoms with E-state index in [1.807, 2.05) is 0 Å². The fraction of sp³-hybridized carbons (Fsp3) is 0.125. The van der Waals surface area contributed by atoms with E-state index in [0.717, 1.165) is 0 Å². The lowest BCUT2D eigenvalue weighted by molar-refractivity contribution is -0.385. The summed E-state index contributed by atoms with van der Waals surface area (Å²) in [5, 5.41) is 10.2. The van der Waals surface area contributed by atoms with Gasteiger partial charge in [-0.15, -0.1) is 11.6 Å². The van der Waals surface area contributed by atoms with E-state index in [1.54, 1.807) is 0 Å². The lowest BCUT2D eigenvalue weighted by atomic mass is 10.1. The average molecular weight is 236 g/mol. The first-order chi connectivity index (χ1) is 6.97. The van der Waals surface area contributed by atoms with E-state index in [-0.39, 0.29) is 0 Å². The zero-order chi connectivity index (χ0) is 11.6. The van der Waals surface area contributed by atoms with Gasteiger partial charge in [-0.25, -0.2) is 8.78 Å². The number of ketones is 1. The van der Waals surface area contributed by atoms with Crippen LogP contribution in [-0.4, -0.2) is 16.6 Å². The molecule has 0 saturated heterocycles. The summed E-state index contributed by atoms with van der Waals surface area (Å²) in [5.74, 6) is -4.12. The number of non-ortho nitro benzene ring substituents is 1. The Bertz CT molecular complexity index is 413. The van der Waals surface area contributed by atoms with Gasteiger partial charge in [0, 0.05) is 0 Å². The van der Waals surface area contributed by atoms with Gasteiger partial charge in [0.05, 0.1) is 28.5 Å². The fourth-order valence-corrected chi connectivity index (χ4v) is 1.13. The van der Waals surface area contributed by atoms with E-state index >= 15 is 0 Å². The molecule has 0 atom stereocenters. The number of halogens is 3. The van der Waals surface area contributed by atoms with Crippen LogP contribution in [0.5, 0.6) is 0 Å². The van der Waals surface area contributed by atoms with Gasteiger partial charge in [-0.05, 0) is 0 Å². The summed E-state index contributed by atoms with van der Waals surface area (Å²) in [5.41, 5.74) is -1.60. The van der Waals surface area contributed by atoms with E-state index in [4.69, 9.17) is 11.6 Å². The molecule has 0 heterocycles. The number of alkyl halides is 1. The van der Waals surface area contributed by atoms with Gasteiger partial charge in [-0.1, -0.05) is 0 Å². The third-order valence-corrected chi connectivity index (χ3v) is 1.88. The molecule has 4 nitrogen and oxygen atoms in total. The zero-order valence-electron chi connectivity index (χ0n) is 7.17. The van der Waals surface area contributed by atoms with Crippen LogP contribution in [0.1, 0.15) is 10.4 Å². The summed E-state index contributed by atoms with van der Waals surface area (Å²) in [4.78, 5) is 20.2. The number of hydrogen-bond donors (Lipinski definition) is 0. The average Bonchev–Trinajstić information content (AvgIpc) is 2.16. The highest BCUT2D eigenvalue weighted by Gasteiger charge is 2.21. The lowest BCUT2D eigenvalue weighted by Crippen LogP contribution is -2.08. The van der Waals surface area contributed by atoms with E-state index < -0.39 is 39.5 Å². The predicted molar refractivity (Wildman–Crippen MR) is 48.1 cm³/mol. The number of carbonyl (C=O) groups is 1. The lowest BCUT2D eigenvalue weighted by Gasteiger charge is -2.01. The SMILES string of the molecule is O=C(CCl)c1c(F)cc([N+](=O)[O-])cc1F. The second-order valence-electron chi connectivity index (χ2n) is 2.60. The zero-order valence-corrected chi connectivity index (χ0v) is 7.92. The molecule has 0 radical (unpaired) electrons. The summed E-state index contributed by atoms with van der Waals surface area (Å²) >= 11 is 5.12. The molecule has 1 aromatic rings. The fourth-order valence-electron chi connectivity index (χ4n) is 0.998. The van der Waals surface area contributed by atoms with Gasteiger partial charge < -0.3 is 0 Å². The van der Waals surface area contributed by atoms with Gasteiger partial charge in [-0.3, -0.25) is 14.9 Å². The van der Waals surface area contributed by atoms with E-state index in [1.165, 1.54) is 0 Å². The summed E-state index contributed by atoms with van der Waals surface area (Å²) < 4.78 is 26.2. The van der Waals surface area contributed by atoms with Gasteiger partial charge in [0.25, 0.3) is 5.69 Å². The molecular weight excluding hydrogens is 232 g/mol. The maximum Gasteiger partial charge on any atom is 0.275 e. The van der Waals surface area contributed by atoms with Crippen LogP contribution in [0.15, 0.2) is 12.1 Å². The van der Waals surface area contributed by atoms with Crippen molar-refractivity contribution in [2.45, 2.75) is 0 Å². The van der Waals surface area contributed by atoms with Gasteiger partial charge in [-0.2, -0.15) is 0 Å².